The molecule has 0 aliphatic carbocycles. The second-order valence-corrected chi connectivity index (χ2v) is 9.01. The highest BCUT2D eigenvalue weighted by molar-refractivity contribution is 9.11. The first-order valence-electron chi connectivity index (χ1n) is 8.93. The van der Waals surface area contributed by atoms with Crippen molar-refractivity contribution in [1.82, 2.24) is 5.01 Å². The highest BCUT2D eigenvalue weighted by Gasteiger charge is 2.41. The van der Waals surface area contributed by atoms with Gasteiger partial charge < -0.3 is 26.6 Å². The molecular weight excluding hydrogens is 544 g/mol. The van der Waals surface area contributed by atoms with Gasteiger partial charge in [0.05, 0.1) is 8.95 Å². The van der Waals surface area contributed by atoms with Gasteiger partial charge in [0.1, 0.15) is 11.4 Å². The van der Waals surface area contributed by atoms with Crippen LogP contribution in [0.5, 0.6) is 5.75 Å². The van der Waals surface area contributed by atoms with Crippen LogP contribution >= 0.6 is 31.9 Å². The molecule has 0 radical (unpaired) electrons. The number of aromatic hydroxyl groups is 1. The molecular formula is C17H24Br2N6O6. The Morgan fingerprint density at radius 3 is 2.32 bits per heavy atom. The number of halogens is 2. The Morgan fingerprint density at radius 2 is 1.87 bits per heavy atom. The third-order valence-electron chi connectivity index (χ3n) is 3.57. The van der Waals surface area contributed by atoms with Crippen LogP contribution in [0.4, 0.5) is 10.5 Å². The van der Waals surface area contributed by atoms with Crippen LogP contribution in [-0.4, -0.2) is 51.3 Å². The van der Waals surface area contributed by atoms with Gasteiger partial charge in [-0.3, -0.25) is 9.79 Å². The molecule has 2 amide bonds. The number of nitrogens with two attached hydrogens (primary N) is 2. The fourth-order valence-corrected chi connectivity index (χ4v) is 3.52. The van der Waals surface area contributed by atoms with E-state index in [-0.39, 0.29) is 50.7 Å². The van der Waals surface area contributed by atoms with E-state index < -0.39 is 28.7 Å². The molecule has 1 aromatic carbocycles. The number of amides is 2. The Bertz CT molecular complexity index is 846. The third kappa shape index (κ3) is 8.57. The lowest BCUT2D eigenvalue weighted by Crippen LogP contribution is -2.52. The Labute approximate surface area is 195 Å². The van der Waals surface area contributed by atoms with E-state index in [0.29, 0.717) is 0 Å². The molecule has 1 aromatic rings. The van der Waals surface area contributed by atoms with E-state index in [2.05, 4.69) is 42.2 Å². The van der Waals surface area contributed by atoms with Crippen LogP contribution in [0.3, 0.4) is 0 Å². The first-order chi connectivity index (χ1) is 14.2. The summed E-state index contributed by atoms with van der Waals surface area (Å²) in [5.74, 6) is -1.10. The van der Waals surface area contributed by atoms with Gasteiger partial charge in [-0.15, -0.1) is 0 Å². The highest BCUT2D eigenvalue weighted by atomic mass is 79.9. The number of benzene rings is 1. The summed E-state index contributed by atoms with van der Waals surface area (Å²) in [5.41, 5.74) is 9.74. The second-order valence-electron chi connectivity index (χ2n) is 7.31. The molecule has 0 aliphatic rings. The van der Waals surface area contributed by atoms with Crippen LogP contribution in [0.1, 0.15) is 33.6 Å². The Morgan fingerprint density at radius 1 is 1.32 bits per heavy atom. The first-order valence-corrected chi connectivity index (χ1v) is 10.5. The summed E-state index contributed by atoms with van der Waals surface area (Å²) in [6, 6.07) is 1.28. The average molecular weight is 568 g/mol. The van der Waals surface area contributed by atoms with Crippen LogP contribution in [0.25, 0.3) is 0 Å². The molecule has 1 atom stereocenters. The fourth-order valence-electron chi connectivity index (χ4n) is 2.34. The van der Waals surface area contributed by atoms with Crippen molar-refractivity contribution < 1.29 is 24.5 Å². The lowest BCUT2D eigenvalue weighted by molar-refractivity contribution is -0.641. The van der Waals surface area contributed by atoms with Crippen LogP contribution < -0.4 is 16.8 Å². The molecule has 1 rings (SSSR count). The SMILES string of the molecule is CC(C)(C)OC(=O)N([C@@H](CCCN=C(N)N)C(=O)Nc1cc(Br)c(O)c(Br)c1)[N+](=O)[O-]. The quantitative estimate of drug-likeness (QED) is 0.0921. The molecule has 12 nitrogen and oxygen atoms in total. The Kier molecular flexibility index (Phi) is 9.49. The summed E-state index contributed by atoms with van der Waals surface area (Å²) in [6.07, 6.45) is -1.23. The number of rotatable bonds is 8. The molecule has 0 heterocycles. The molecule has 0 spiro atoms. The van der Waals surface area contributed by atoms with Gasteiger partial charge in [-0.2, -0.15) is 0 Å². The number of hydrogen-bond donors (Lipinski definition) is 4. The van der Waals surface area contributed by atoms with Crippen LogP contribution in [-0.2, 0) is 9.53 Å². The molecule has 0 bridgehead atoms. The normalized spacial score (nSPS) is 11.9. The number of nitro groups is 1. The maximum atomic E-state index is 12.9. The number of nitrogens with zero attached hydrogens (tertiary/aromatic N) is 3. The van der Waals surface area contributed by atoms with E-state index in [1.165, 1.54) is 12.1 Å². The lowest BCUT2D eigenvalue weighted by Gasteiger charge is -2.26. The van der Waals surface area contributed by atoms with Gasteiger partial charge in [-0.1, -0.05) is 0 Å². The van der Waals surface area contributed by atoms with Crippen molar-refractivity contribution in [3.8, 4) is 5.75 Å². The molecule has 0 saturated carbocycles. The van der Waals surface area contributed by atoms with Crippen molar-refractivity contribution in [3.05, 3.63) is 31.2 Å². The Hall–Kier alpha value is -2.61. The number of hydrogen-bond acceptors (Lipinski definition) is 7. The summed E-state index contributed by atoms with van der Waals surface area (Å²) < 4.78 is 5.65. The zero-order chi connectivity index (χ0) is 23.9. The van der Waals surface area contributed by atoms with Gasteiger partial charge in [-0.25, -0.2) is 14.9 Å². The van der Waals surface area contributed by atoms with E-state index in [1.54, 1.807) is 20.8 Å². The number of anilines is 1. The summed E-state index contributed by atoms with van der Waals surface area (Å²) >= 11 is 6.27. The van der Waals surface area contributed by atoms with E-state index in [9.17, 15) is 24.8 Å². The number of phenols is 1. The number of aliphatic imine (C=N–C) groups is 1. The maximum absolute atomic E-state index is 12.9. The van der Waals surface area contributed by atoms with Crippen molar-refractivity contribution in [2.75, 3.05) is 11.9 Å². The average Bonchev–Trinajstić information content (AvgIpc) is 2.59. The number of ether oxygens (including phenoxy) is 1. The summed E-state index contributed by atoms with van der Waals surface area (Å²) in [4.78, 5) is 40.8. The smallest absolute Gasteiger partial charge is 0.469 e. The summed E-state index contributed by atoms with van der Waals surface area (Å²) in [6.45, 7) is 4.73. The van der Waals surface area contributed by atoms with Crippen molar-refractivity contribution >= 4 is 55.5 Å². The van der Waals surface area contributed by atoms with E-state index in [1.807, 2.05) is 0 Å². The molecule has 31 heavy (non-hydrogen) atoms. The summed E-state index contributed by atoms with van der Waals surface area (Å²) in [7, 11) is 0. The molecule has 14 heteroatoms. The topological polar surface area (TPSA) is 186 Å². The van der Waals surface area contributed by atoms with Crippen molar-refractivity contribution in [3.63, 3.8) is 0 Å². The third-order valence-corrected chi connectivity index (χ3v) is 4.78. The number of guanidine groups is 1. The fraction of sp³-hybridized carbons (Fsp3) is 0.471. The number of phenolic OH excluding ortho intramolecular Hbond substituents is 1. The largest absolute Gasteiger partial charge is 0.506 e. The second kappa shape index (κ2) is 11.1. The molecule has 6 N–H and O–H groups in total. The van der Waals surface area contributed by atoms with Crippen LogP contribution in [0.15, 0.2) is 26.1 Å². The maximum Gasteiger partial charge on any atom is 0.469 e. The number of carbonyl (C=O) groups is 2. The van der Waals surface area contributed by atoms with E-state index >= 15 is 0 Å². The van der Waals surface area contributed by atoms with Gasteiger partial charge >= 0.3 is 6.09 Å². The standard InChI is InChI=1S/C17H24Br2N6O6/c1-17(2,3)31-16(28)24(25(29)30)12(5-4-6-22-15(20)21)14(27)23-9-7-10(18)13(26)11(19)8-9/h7-8,12,26H,4-6H2,1-3H3,(H,23,27)(H4,20,21,22)/t12-/m0/s1. The van der Waals surface area contributed by atoms with Gasteiger partial charge in [0.25, 0.3) is 5.91 Å². The monoisotopic (exact) mass is 566 g/mol. The minimum Gasteiger partial charge on any atom is -0.506 e. The molecule has 172 valence electrons. The molecule has 0 aromatic heterocycles. The minimum absolute atomic E-state index is 0.0903. The zero-order valence-corrected chi connectivity index (χ0v) is 20.3. The van der Waals surface area contributed by atoms with Crippen molar-refractivity contribution in [2.24, 2.45) is 16.5 Å². The van der Waals surface area contributed by atoms with E-state index in [0.717, 1.165) is 0 Å². The lowest BCUT2D eigenvalue weighted by atomic mass is 10.1. The Balaban J connectivity index is 3.20. The van der Waals surface area contributed by atoms with Crippen LogP contribution in [0, 0.1) is 10.1 Å². The van der Waals surface area contributed by atoms with Gasteiger partial charge in [-0.05, 0) is 82.6 Å². The number of nitrogens with one attached hydrogen (secondary N) is 1. The first kappa shape index (κ1) is 26.4. The number of carbonyl (C=O) groups excluding carboxylic acids is 2. The van der Waals surface area contributed by atoms with Gasteiger partial charge in [0.15, 0.2) is 17.0 Å². The van der Waals surface area contributed by atoms with Crippen LogP contribution in [0.2, 0.25) is 0 Å². The predicted molar refractivity (Wildman–Crippen MR) is 121 cm³/mol. The van der Waals surface area contributed by atoms with Gasteiger partial charge in [0.2, 0.25) is 0 Å². The van der Waals surface area contributed by atoms with Crippen molar-refractivity contribution in [1.29, 1.82) is 0 Å². The molecule has 0 saturated heterocycles. The van der Waals surface area contributed by atoms with E-state index in [4.69, 9.17) is 16.2 Å². The van der Waals surface area contributed by atoms with Crippen molar-refractivity contribution in [2.45, 2.75) is 45.3 Å². The zero-order valence-electron chi connectivity index (χ0n) is 17.1. The number of hydrazine groups is 1. The molecule has 0 fully saturated rings. The van der Waals surface area contributed by atoms with Gasteiger partial charge in [0, 0.05) is 12.2 Å². The molecule has 0 aliphatic heterocycles. The predicted octanol–water partition coefficient (Wildman–Crippen LogP) is 2.71. The molecule has 0 unspecified atom stereocenters. The summed E-state index contributed by atoms with van der Waals surface area (Å²) in [5, 5.41) is 23.1. The minimum atomic E-state index is -1.52. The highest BCUT2D eigenvalue weighted by Crippen LogP contribution is 2.35.